The molecule has 0 bridgehead atoms. The van der Waals surface area contributed by atoms with Crippen LogP contribution in [0.4, 0.5) is 4.39 Å². The maximum atomic E-state index is 12.4. The van der Waals surface area contributed by atoms with Gasteiger partial charge < -0.3 is 0 Å². The molecule has 0 radical (unpaired) electrons. The molecule has 0 aliphatic carbocycles. The third-order valence-corrected chi connectivity index (χ3v) is 2.09. The summed E-state index contributed by atoms with van der Waals surface area (Å²) in [5.41, 5.74) is 0.843. The van der Waals surface area contributed by atoms with Crippen LogP contribution in [-0.4, -0.2) is 14.2 Å². The smallest absolute Gasteiger partial charge is 0.140 e. The van der Waals surface area contributed by atoms with Crippen molar-refractivity contribution < 1.29 is 12.8 Å². The summed E-state index contributed by atoms with van der Waals surface area (Å²) in [5.74, 6) is -0.175. The molecule has 66 valence electrons. The van der Waals surface area contributed by atoms with E-state index in [1.165, 1.54) is 12.1 Å². The number of benzene rings is 1. The van der Waals surface area contributed by atoms with Crippen LogP contribution in [0.1, 0.15) is 5.56 Å². The van der Waals surface area contributed by atoms with Crippen molar-refractivity contribution in [3.8, 4) is 0 Å². The minimum Gasteiger partial charge on any atom is -0.232 e. The van der Waals surface area contributed by atoms with Crippen LogP contribution >= 0.6 is 0 Å². The summed E-state index contributed by atoms with van der Waals surface area (Å²) in [4.78, 5) is 0. The van der Waals surface area contributed by atoms with Crippen molar-refractivity contribution in [2.45, 2.75) is 6.42 Å². The van der Waals surface area contributed by atoms with E-state index >= 15 is 0 Å². The first kappa shape index (κ1) is 9.19. The SMILES string of the molecule is O=[SH](=O)CCc1ccc(F)cc1. The molecular formula is C8H9FO2S. The lowest BCUT2D eigenvalue weighted by Gasteiger charge is -1.95. The van der Waals surface area contributed by atoms with Crippen LogP contribution in [-0.2, 0) is 17.1 Å². The Hall–Kier alpha value is -0.900. The van der Waals surface area contributed by atoms with Gasteiger partial charge in [0, 0.05) is 0 Å². The largest absolute Gasteiger partial charge is 0.232 e. The van der Waals surface area contributed by atoms with E-state index in [1.54, 1.807) is 12.1 Å². The highest BCUT2D eigenvalue weighted by molar-refractivity contribution is 7.72. The average molecular weight is 188 g/mol. The standard InChI is InChI=1S/C8H9FO2S/c9-8-3-1-7(2-4-8)5-6-12(10)11/h1-4,12H,5-6H2. The second-order valence-corrected chi connectivity index (χ2v) is 3.55. The van der Waals surface area contributed by atoms with Crippen molar-refractivity contribution in [1.82, 2.24) is 0 Å². The Kier molecular flexibility index (Phi) is 3.22. The molecule has 1 aromatic rings. The maximum Gasteiger partial charge on any atom is 0.140 e. The van der Waals surface area contributed by atoms with Crippen molar-refractivity contribution in [2.24, 2.45) is 0 Å². The number of thiol groups is 1. The summed E-state index contributed by atoms with van der Waals surface area (Å²) in [6.45, 7) is 0. The Morgan fingerprint density at radius 3 is 2.25 bits per heavy atom. The third-order valence-electron chi connectivity index (χ3n) is 1.50. The van der Waals surface area contributed by atoms with Crippen LogP contribution in [0.2, 0.25) is 0 Å². The van der Waals surface area contributed by atoms with E-state index in [4.69, 9.17) is 0 Å². The molecule has 0 spiro atoms. The molecular weight excluding hydrogens is 179 g/mol. The van der Waals surface area contributed by atoms with E-state index in [0.29, 0.717) is 6.42 Å². The summed E-state index contributed by atoms with van der Waals surface area (Å²) in [5, 5.41) is 0. The number of hydrogen-bond acceptors (Lipinski definition) is 2. The summed E-state index contributed by atoms with van der Waals surface area (Å²) >= 11 is 0. The zero-order valence-corrected chi connectivity index (χ0v) is 7.26. The first-order valence-electron chi connectivity index (χ1n) is 3.55. The predicted octanol–water partition coefficient (Wildman–Crippen LogP) is 0.980. The van der Waals surface area contributed by atoms with E-state index in [9.17, 15) is 12.8 Å². The highest BCUT2D eigenvalue weighted by Crippen LogP contribution is 2.02. The number of halogens is 1. The normalized spacial score (nSPS) is 10.5. The van der Waals surface area contributed by atoms with Gasteiger partial charge in [0.05, 0.1) is 5.75 Å². The van der Waals surface area contributed by atoms with Crippen LogP contribution in [0, 0.1) is 5.82 Å². The summed E-state index contributed by atoms with van der Waals surface area (Å²) in [6, 6.07) is 5.84. The van der Waals surface area contributed by atoms with Gasteiger partial charge >= 0.3 is 0 Å². The second kappa shape index (κ2) is 4.21. The fraction of sp³-hybridized carbons (Fsp3) is 0.250. The van der Waals surface area contributed by atoms with E-state index in [-0.39, 0.29) is 11.6 Å². The van der Waals surface area contributed by atoms with Gasteiger partial charge in [0.1, 0.15) is 16.5 Å². The minimum absolute atomic E-state index is 0.126. The maximum absolute atomic E-state index is 12.4. The molecule has 0 saturated heterocycles. The highest BCUT2D eigenvalue weighted by atomic mass is 32.2. The molecule has 0 unspecified atom stereocenters. The molecule has 12 heavy (non-hydrogen) atoms. The van der Waals surface area contributed by atoms with E-state index in [1.807, 2.05) is 0 Å². The minimum atomic E-state index is -2.33. The lowest BCUT2D eigenvalue weighted by molar-refractivity contribution is 0.613. The Balaban J connectivity index is 2.59. The average Bonchev–Trinajstić information content (AvgIpc) is 2.03. The van der Waals surface area contributed by atoms with Crippen molar-refractivity contribution in [3.63, 3.8) is 0 Å². The van der Waals surface area contributed by atoms with E-state index in [2.05, 4.69) is 0 Å². The summed E-state index contributed by atoms with van der Waals surface area (Å²) < 4.78 is 32.8. The Morgan fingerprint density at radius 1 is 1.17 bits per heavy atom. The third kappa shape index (κ3) is 3.00. The molecule has 0 amide bonds. The van der Waals surface area contributed by atoms with Gasteiger partial charge in [-0.15, -0.1) is 0 Å². The summed E-state index contributed by atoms with van der Waals surface area (Å²) in [6.07, 6.45) is 0.457. The Bertz CT molecular complexity index is 308. The molecule has 0 aromatic heterocycles. The molecule has 0 aliphatic rings. The van der Waals surface area contributed by atoms with Gasteiger partial charge in [-0.25, -0.2) is 12.8 Å². The van der Waals surface area contributed by atoms with Crippen LogP contribution in [0.5, 0.6) is 0 Å². The fourth-order valence-corrected chi connectivity index (χ4v) is 1.31. The zero-order chi connectivity index (χ0) is 8.97. The molecule has 0 aliphatic heterocycles. The monoisotopic (exact) mass is 188 g/mol. The van der Waals surface area contributed by atoms with Gasteiger partial charge in [0.25, 0.3) is 0 Å². The predicted molar refractivity (Wildman–Crippen MR) is 45.3 cm³/mol. The van der Waals surface area contributed by atoms with Crippen LogP contribution < -0.4 is 0 Å². The molecule has 2 nitrogen and oxygen atoms in total. The lowest BCUT2D eigenvalue weighted by atomic mass is 10.2. The van der Waals surface area contributed by atoms with Gasteiger partial charge in [-0.1, -0.05) is 12.1 Å². The first-order chi connectivity index (χ1) is 5.68. The quantitative estimate of drug-likeness (QED) is 0.717. The summed E-state index contributed by atoms with van der Waals surface area (Å²) in [7, 11) is -2.33. The van der Waals surface area contributed by atoms with Crippen molar-refractivity contribution in [2.75, 3.05) is 5.75 Å². The molecule has 4 heteroatoms. The highest BCUT2D eigenvalue weighted by Gasteiger charge is 1.94. The second-order valence-electron chi connectivity index (χ2n) is 2.43. The fourth-order valence-electron chi connectivity index (χ4n) is 0.871. The van der Waals surface area contributed by atoms with Gasteiger partial charge in [-0.05, 0) is 24.1 Å². The van der Waals surface area contributed by atoms with Gasteiger partial charge in [0.2, 0.25) is 0 Å². The van der Waals surface area contributed by atoms with E-state index in [0.717, 1.165) is 5.56 Å². The van der Waals surface area contributed by atoms with Crippen molar-refractivity contribution in [3.05, 3.63) is 35.6 Å². The molecule has 0 fully saturated rings. The molecule has 0 heterocycles. The zero-order valence-electron chi connectivity index (χ0n) is 6.37. The Labute approximate surface area is 72.0 Å². The van der Waals surface area contributed by atoms with Crippen LogP contribution in [0.15, 0.2) is 24.3 Å². The molecule has 0 saturated carbocycles. The molecule has 0 N–H and O–H groups in total. The molecule has 1 aromatic carbocycles. The lowest BCUT2D eigenvalue weighted by Crippen LogP contribution is -1.93. The van der Waals surface area contributed by atoms with Gasteiger partial charge in [0.15, 0.2) is 0 Å². The van der Waals surface area contributed by atoms with E-state index < -0.39 is 10.7 Å². The molecule has 1 rings (SSSR count). The first-order valence-corrected chi connectivity index (χ1v) is 4.91. The van der Waals surface area contributed by atoms with Crippen LogP contribution in [0.25, 0.3) is 0 Å². The molecule has 0 atom stereocenters. The topological polar surface area (TPSA) is 34.1 Å². The van der Waals surface area contributed by atoms with Gasteiger partial charge in [-0.2, -0.15) is 0 Å². The number of rotatable bonds is 3. The van der Waals surface area contributed by atoms with Gasteiger partial charge in [-0.3, -0.25) is 0 Å². The van der Waals surface area contributed by atoms with Crippen LogP contribution in [0.3, 0.4) is 0 Å². The van der Waals surface area contributed by atoms with Crippen molar-refractivity contribution in [1.29, 1.82) is 0 Å². The number of hydrogen-bond donors (Lipinski definition) is 1. The van der Waals surface area contributed by atoms with Crippen molar-refractivity contribution >= 4 is 10.7 Å². The Morgan fingerprint density at radius 2 is 1.75 bits per heavy atom. The number of aryl methyl sites for hydroxylation is 1.